The maximum Gasteiger partial charge on any atom is 0.124 e. The number of hydrogen-bond acceptors (Lipinski definition) is 0. The lowest BCUT2D eigenvalue weighted by atomic mass is 9.98. The number of alkyl halides is 1. The number of hydrogen-bond donors (Lipinski definition) is 0. The minimum absolute atomic E-state index is 0.229. The fraction of sp³-hybridized carbons (Fsp3) is 0.200. The first-order valence-electron chi connectivity index (χ1n) is 5.65. The lowest BCUT2D eigenvalue weighted by Crippen LogP contribution is -2.00. The SMILES string of the molecule is Cc1ccc(C)c(C(Cl)c2ccc(F)cc2I)c1. The van der Waals surface area contributed by atoms with E-state index in [0.717, 1.165) is 20.3 Å². The fourth-order valence-electron chi connectivity index (χ4n) is 1.91. The molecule has 18 heavy (non-hydrogen) atoms. The molecule has 0 aliphatic heterocycles. The summed E-state index contributed by atoms with van der Waals surface area (Å²) in [7, 11) is 0. The molecule has 0 nitrogen and oxygen atoms in total. The normalized spacial score (nSPS) is 12.5. The predicted molar refractivity (Wildman–Crippen MR) is 82.7 cm³/mol. The number of rotatable bonds is 2. The van der Waals surface area contributed by atoms with E-state index >= 15 is 0 Å². The van der Waals surface area contributed by atoms with Gasteiger partial charge in [0.2, 0.25) is 0 Å². The Kier molecular flexibility index (Phi) is 4.28. The minimum atomic E-state index is -0.239. The van der Waals surface area contributed by atoms with Gasteiger partial charge in [0, 0.05) is 3.57 Å². The van der Waals surface area contributed by atoms with Crippen molar-refractivity contribution in [1.82, 2.24) is 0 Å². The van der Waals surface area contributed by atoms with Crippen LogP contribution in [0.1, 0.15) is 27.6 Å². The van der Waals surface area contributed by atoms with Crippen LogP contribution in [0.4, 0.5) is 4.39 Å². The van der Waals surface area contributed by atoms with Gasteiger partial charge in [-0.15, -0.1) is 11.6 Å². The van der Waals surface area contributed by atoms with E-state index in [2.05, 4.69) is 40.8 Å². The highest BCUT2D eigenvalue weighted by atomic mass is 127. The Morgan fingerprint density at radius 3 is 2.44 bits per heavy atom. The molecule has 2 rings (SSSR count). The van der Waals surface area contributed by atoms with Gasteiger partial charge in [-0.05, 0) is 65.3 Å². The van der Waals surface area contributed by atoms with Crippen molar-refractivity contribution in [1.29, 1.82) is 0 Å². The molecule has 0 fully saturated rings. The zero-order valence-corrected chi connectivity index (χ0v) is 13.1. The molecule has 0 heterocycles. The van der Waals surface area contributed by atoms with E-state index in [-0.39, 0.29) is 11.2 Å². The van der Waals surface area contributed by atoms with Gasteiger partial charge < -0.3 is 0 Å². The van der Waals surface area contributed by atoms with Crippen LogP contribution in [-0.2, 0) is 0 Å². The molecule has 2 aromatic carbocycles. The van der Waals surface area contributed by atoms with E-state index in [1.54, 1.807) is 6.07 Å². The summed E-state index contributed by atoms with van der Waals surface area (Å²) in [5.41, 5.74) is 4.37. The van der Waals surface area contributed by atoms with Crippen molar-refractivity contribution in [3.05, 3.63) is 68.0 Å². The molecule has 0 spiro atoms. The van der Waals surface area contributed by atoms with Crippen LogP contribution < -0.4 is 0 Å². The summed E-state index contributed by atoms with van der Waals surface area (Å²) < 4.78 is 14.0. The average Bonchev–Trinajstić information content (AvgIpc) is 2.31. The molecule has 0 saturated carbocycles. The topological polar surface area (TPSA) is 0 Å². The van der Waals surface area contributed by atoms with Gasteiger partial charge in [-0.25, -0.2) is 4.39 Å². The molecular weight excluding hydrogens is 362 g/mol. The maximum absolute atomic E-state index is 13.1. The Labute approximate surface area is 125 Å². The smallest absolute Gasteiger partial charge is 0.124 e. The Bertz CT molecular complexity index is 581. The van der Waals surface area contributed by atoms with E-state index in [0.29, 0.717) is 0 Å². The first-order chi connectivity index (χ1) is 8.49. The first-order valence-corrected chi connectivity index (χ1v) is 7.16. The van der Waals surface area contributed by atoms with Gasteiger partial charge in [0.05, 0.1) is 5.38 Å². The van der Waals surface area contributed by atoms with Crippen LogP contribution in [0.15, 0.2) is 36.4 Å². The molecule has 1 atom stereocenters. The largest absolute Gasteiger partial charge is 0.207 e. The van der Waals surface area contributed by atoms with Crippen LogP contribution in [0, 0.1) is 23.2 Å². The van der Waals surface area contributed by atoms with E-state index in [1.807, 2.05) is 13.8 Å². The molecule has 0 radical (unpaired) electrons. The third-order valence-electron chi connectivity index (χ3n) is 2.94. The summed E-state index contributed by atoms with van der Waals surface area (Å²) in [6, 6.07) is 11.0. The summed E-state index contributed by atoms with van der Waals surface area (Å²) in [5, 5.41) is -0.239. The van der Waals surface area contributed by atoms with Gasteiger partial charge in [-0.1, -0.05) is 29.8 Å². The molecule has 0 amide bonds. The van der Waals surface area contributed by atoms with Gasteiger partial charge in [0.1, 0.15) is 5.82 Å². The molecule has 1 unspecified atom stereocenters. The second-order valence-electron chi connectivity index (χ2n) is 4.39. The Morgan fingerprint density at radius 2 is 1.78 bits per heavy atom. The Balaban J connectivity index is 2.47. The first kappa shape index (κ1) is 13.8. The highest BCUT2D eigenvalue weighted by Crippen LogP contribution is 2.34. The van der Waals surface area contributed by atoms with Crippen molar-refractivity contribution in [2.75, 3.05) is 0 Å². The quantitative estimate of drug-likeness (QED) is 0.489. The highest BCUT2D eigenvalue weighted by molar-refractivity contribution is 14.1. The van der Waals surface area contributed by atoms with Crippen LogP contribution in [0.3, 0.4) is 0 Å². The fourth-order valence-corrected chi connectivity index (χ4v) is 3.31. The number of benzene rings is 2. The number of aryl methyl sites for hydroxylation is 2. The van der Waals surface area contributed by atoms with Crippen LogP contribution in [-0.4, -0.2) is 0 Å². The highest BCUT2D eigenvalue weighted by Gasteiger charge is 2.16. The van der Waals surface area contributed by atoms with Crippen molar-refractivity contribution in [3.8, 4) is 0 Å². The minimum Gasteiger partial charge on any atom is -0.207 e. The zero-order valence-electron chi connectivity index (χ0n) is 10.2. The van der Waals surface area contributed by atoms with Crippen LogP contribution in [0.25, 0.3) is 0 Å². The summed E-state index contributed by atoms with van der Waals surface area (Å²) >= 11 is 8.66. The van der Waals surface area contributed by atoms with Crippen molar-refractivity contribution >= 4 is 34.2 Å². The molecule has 0 aromatic heterocycles. The molecular formula is C15H13ClFI. The van der Waals surface area contributed by atoms with Crippen LogP contribution >= 0.6 is 34.2 Å². The zero-order chi connectivity index (χ0) is 13.3. The van der Waals surface area contributed by atoms with Crippen molar-refractivity contribution in [2.45, 2.75) is 19.2 Å². The third kappa shape index (κ3) is 2.86. The van der Waals surface area contributed by atoms with Gasteiger partial charge in [0.25, 0.3) is 0 Å². The van der Waals surface area contributed by atoms with Gasteiger partial charge in [-0.2, -0.15) is 0 Å². The second-order valence-corrected chi connectivity index (χ2v) is 5.99. The van der Waals surface area contributed by atoms with E-state index < -0.39 is 0 Å². The summed E-state index contributed by atoms with van der Waals surface area (Å²) in [6.07, 6.45) is 0. The third-order valence-corrected chi connectivity index (χ3v) is 4.35. The Hall–Kier alpha value is -0.610. The molecule has 2 aromatic rings. The van der Waals surface area contributed by atoms with E-state index in [4.69, 9.17) is 11.6 Å². The number of halogens is 3. The molecule has 0 aliphatic rings. The second kappa shape index (κ2) is 5.57. The maximum atomic E-state index is 13.1. The lowest BCUT2D eigenvalue weighted by molar-refractivity contribution is 0.626. The summed E-state index contributed by atoms with van der Waals surface area (Å²) in [5.74, 6) is -0.229. The van der Waals surface area contributed by atoms with Crippen molar-refractivity contribution in [3.63, 3.8) is 0 Å². The van der Waals surface area contributed by atoms with E-state index in [1.165, 1.54) is 17.7 Å². The van der Waals surface area contributed by atoms with Crippen molar-refractivity contribution < 1.29 is 4.39 Å². The van der Waals surface area contributed by atoms with E-state index in [9.17, 15) is 4.39 Å². The molecule has 3 heteroatoms. The van der Waals surface area contributed by atoms with Gasteiger partial charge in [-0.3, -0.25) is 0 Å². The lowest BCUT2D eigenvalue weighted by Gasteiger charge is -2.15. The van der Waals surface area contributed by atoms with Crippen molar-refractivity contribution in [2.24, 2.45) is 0 Å². The molecule has 94 valence electrons. The average molecular weight is 375 g/mol. The molecule has 0 bridgehead atoms. The predicted octanol–water partition coefficient (Wildman–Crippen LogP) is 5.38. The monoisotopic (exact) mass is 374 g/mol. The summed E-state index contributed by atoms with van der Waals surface area (Å²) in [6.45, 7) is 4.09. The van der Waals surface area contributed by atoms with Gasteiger partial charge >= 0.3 is 0 Å². The van der Waals surface area contributed by atoms with Crippen LogP contribution in [0.5, 0.6) is 0 Å². The Morgan fingerprint density at radius 1 is 1.06 bits per heavy atom. The van der Waals surface area contributed by atoms with Gasteiger partial charge in [0.15, 0.2) is 0 Å². The molecule has 0 N–H and O–H groups in total. The molecule has 0 aliphatic carbocycles. The van der Waals surface area contributed by atoms with Crippen LogP contribution in [0.2, 0.25) is 0 Å². The standard InChI is InChI=1S/C15H13ClFI/c1-9-3-4-10(2)13(7-9)15(16)12-6-5-11(17)8-14(12)18/h3-8,15H,1-2H3. The molecule has 0 saturated heterocycles. The summed E-state index contributed by atoms with van der Waals surface area (Å²) in [4.78, 5) is 0.